The summed E-state index contributed by atoms with van der Waals surface area (Å²) in [6.45, 7) is -0.341. The minimum atomic E-state index is -1.05. The molecule has 0 aliphatic rings. The van der Waals surface area contributed by atoms with Crippen LogP contribution in [0.2, 0.25) is 5.02 Å². The van der Waals surface area contributed by atoms with E-state index >= 15 is 0 Å². The molecule has 0 aliphatic carbocycles. The molecule has 5 aromatic rings. The first kappa shape index (κ1) is 28.5. The Morgan fingerprint density at radius 3 is 1.95 bits per heavy atom. The average Bonchev–Trinajstić information content (AvgIpc) is 3.35. The molecule has 1 aromatic heterocycles. The summed E-state index contributed by atoms with van der Waals surface area (Å²) in [6.07, 6.45) is 0. The third-order valence-corrected chi connectivity index (χ3v) is 6.68. The molecule has 43 heavy (non-hydrogen) atoms. The van der Waals surface area contributed by atoms with Gasteiger partial charge in [0, 0.05) is 10.6 Å². The summed E-state index contributed by atoms with van der Waals surface area (Å²) in [7, 11) is 0. The van der Waals surface area contributed by atoms with Gasteiger partial charge in [0.1, 0.15) is 0 Å². The second kappa shape index (κ2) is 11.5. The Bertz CT molecular complexity index is 1940. The van der Waals surface area contributed by atoms with E-state index < -0.39 is 48.9 Å². The number of non-ortho nitro benzene ring substituents is 1. The molecule has 214 valence electrons. The predicted molar refractivity (Wildman–Crippen MR) is 151 cm³/mol. The molecule has 0 N–H and O–H groups in total. The number of aromatic nitrogens is 3. The van der Waals surface area contributed by atoms with Gasteiger partial charge in [-0.1, -0.05) is 58.7 Å². The average molecular weight is 601 g/mol. The highest BCUT2D eigenvalue weighted by Gasteiger charge is 2.38. The van der Waals surface area contributed by atoms with Crippen molar-refractivity contribution in [1.82, 2.24) is 9.90 Å². The SMILES string of the molecule is O=C(C[n+]1nn(/C(=C(/[O-])c2ccccc2)c2c([N+](=O)[O-])cc([N+](=O)[O-])cc2[N+](=O)[O-])c2ccccc21)c1ccc(Cl)cc1. The van der Waals surface area contributed by atoms with E-state index in [2.05, 4.69) is 5.21 Å². The number of fused-ring (bicyclic) bond motifs is 1. The van der Waals surface area contributed by atoms with E-state index in [4.69, 9.17) is 11.6 Å². The van der Waals surface area contributed by atoms with E-state index in [1.54, 1.807) is 24.3 Å². The van der Waals surface area contributed by atoms with Gasteiger partial charge < -0.3 is 5.11 Å². The smallest absolute Gasteiger partial charge is 0.294 e. The van der Waals surface area contributed by atoms with Crippen LogP contribution in [0.15, 0.2) is 91.0 Å². The van der Waals surface area contributed by atoms with Crippen molar-refractivity contribution in [3.8, 4) is 0 Å². The van der Waals surface area contributed by atoms with E-state index in [1.807, 2.05) is 0 Å². The first-order valence-corrected chi connectivity index (χ1v) is 12.7. The van der Waals surface area contributed by atoms with Crippen LogP contribution in [0, 0.1) is 30.3 Å². The number of nitrogens with zero attached hydrogens (tertiary/aromatic N) is 6. The summed E-state index contributed by atoms with van der Waals surface area (Å²) >= 11 is 5.93. The van der Waals surface area contributed by atoms with Gasteiger partial charge in [-0.2, -0.15) is 0 Å². The van der Waals surface area contributed by atoms with Crippen LogP contribution in [-0.2, 0) is 6.54 Å². The Morgan fingerprint density at radius 1 is 0.791 bits per heavy atom. The minimum Gasteiger partial charge on any atom is -0.869 e. The first-order chi connectivity index (χ1) is 20.6. The number of nitro groups is 3. The summed E-state index contributed by atoms with van der Waals surface area (Å²) < 4.78 is 2.22. The number of halogens is 1. The molecule has 15 heteroatoms. The molecule has 0 saturated heterocycles. The van der Waals surface area contributed by atoms with Crippen molar-refractivity contribution in [1.29, 1.82) is 0 Å². The number of ketones is 1. The minimum absolute atomic E-state index is 0.00261. The van der Waals surface area contributed by atoms with E-state index in [-0.39, 0.29) is 23.4 Å². The van der Waals surface area contributed by atoms with E-state index in [0.717, 1.165) is 4.68 Å². The second-order valence-electron chi connectivity index (χ2n) is 9.05. The van der Waals surface area contributed by atoms with Crippen LogP contribution in [0.3, 0.4) is 0 Å². The number of carbonyl (C=O) groups excluding carboxylic acids is 1. The van der Waals surface area contributed by atoms with Crippen molar-refractivity contribution in [2.75, 3.05) is 0 Å². The largest absolute Gasteiger partial charge is 0.869 e. The molecule has 14 nitrogen and oxygen atoms in total. The molecule has 1 heterocycles. The summed E-state index contributed by atoms with van der Waals surface area (Å²) in [4.78, 5) is 45.9. The number of rotatable bonds is 9. The maximum Gasteiger partial charge on any atom is 0.294 e. The molecule has 4 aromatic carbocycles. The van der Waals surface area contributed by atoms with Crippen LogP contribution >= 0.6 is 11.6 Å². The van der Waals surface area contributed by atoms with Crippen LogP contribution in [0.1, 0.15) is 21.5 Å². The lowest BCUT2D eigenvalue weighted by Gasteiger charge is -2.16. The van der Waals surface area contributed by atoms with Crippen LogP contribution in [0.5, 0.6) is 0 Å². The number of hydrogen-bond donors (Lipinski definition) is 0. The molecule has 0 saturated carbocycles. The van der Waals surface area contributed by atoms with Gasteiger partial charge in [0.05, 0.1) is 32.1 Å². The Kier molecular flexibility index (Phi) is 7.60. The Hall–Kier alpha value is -6.02. The topological polar surface area (TPSA) is 191 Å². The van der Waals surface area contributed by atoms with Gasteiger partial charge in [-0.15, -0.1) is 4.68 Å². The maximum atomic E-state index is 14.1. The van der Waals surface area contributed by atoms with Crippen LogP contribution < -0.4 is 9.79 Å². The van der Waals surface area contributed by atoms with Crippen molar-refractivity contribution < 1.29 is 29.4 Å². The zero-order valence-corrected chi connectivity index (χ0v) is 22.5. The third-order valence-electron chi connectivity index (χ3n) is 6.43. The third kappa shape index (κ3) is 5.49. The number of nitro benzene ring substituents is 3. The van der Waals surface area contributed by atoms with Crippen molar-refractivity contribution >= 4 is 56.9 Å². The molecule has 0 amide bonds. The number of carbonyl (C=O) groups is 1. The molecule has 5 rings (SSSR count). The number of Topliss-reactive ketones (excluding diaryl/α,β-unsaturated/α-hetero) is 1. The lowest BCUT2D eigenvalue weighted by molar-refractivity contribution is -0.719. The molecule has 0 radical (unpaired) electrons. The van der Waals surface area contributed by atoms with Crippen molar-refractivity contribution in [2.24, 2.45) is 0 Å². The Labute approximate surface area is 245 Å². The van der Waals surface area contributed by atoms with Crippen molar-refractivity contribution in [2.45, 2.75) is 6.54 Å². The standard InChI is InChI=1S/C28H17ClN6O8/c29-19-12-10-17(11-13-19)25(36)16-31-21-8-4-5-9-22(21)32(30-31)27(28(37)18-6-2-1-3-7-18)26-23(34(40)41)14-20(33(38)39)15-24(26)35(42)43/h1-15H,16H2. The molecule has 0 aliphatic heterocycles. The fourth-order valence-corrected chi connectivity index (χ4v) is 4.61. The summed E-state index contributed by atoms with van der Waals surface area (Å²) in [5.41, 5.74) is -3.63. The predicted octanol–water partition coefficient (Wildman–Crippen LogP) is 4.32. The quantitative estimate of drug-likeness (QED) is 0.0591. The number of hydrogen-bond acceptors (Lipinski definition) is 9. The fourth-order valence-electron chi connectivity index (χ4n) is 4.49. The van der Waals surface area contributed by atoms with Crippen LogP contribution in [0.4, 0.5) is 17.1 Å². The molecule has 0 spiro atoms. The fraction of sp³-hybridized carbons (Fsp3) is 0.0357. The normalized spacial score (nSPS) is 11.7. The lowest BCUT2D eigenvalue weighted by Crippen LogP contribution is -2.41. The van der Waals surface area contributed by atoms with E-state index in [0.29, 0.717) is 28.2 Å². The lowest BCUT2D eigenvalue weighted by atomic mass is 10.0. The highest BCUT2D eigenvalue weighted by atomic mass is 35.5. The van der Waals surface area contributed by atoms with Gasteiger partial charge in [0.25, 0.3) is 17.1 Å². The highest BCUT2D eigenvalue weighted by molar-refractivity contribution is 6.30. The first-order valence-electron chi connectivity index (χ1n) is 12.3. The van der Waals surface area contributed by atoms with Gasteiger partial charge in [-0.05, 0) is 47.7 Å². The molecule has 0 bridgehead atoms. The Morgan fingerprint density at radius 2 is 1.37 bits per heavy atom. The molecule has 0 fully saturated rings. The maximum absolute atomic E-state index is 14.1. The van der Waals surface area contributed by atoms with Gasteiger partial charge in [-0.25, -0.2) is 0 Å². The van der Waals surface area contributed by atoms with Gasteiger partial charge in [0.2, 0.25) is 11.3 Å². The summed E-state index contributed by atoms with van der Waals surface area (Å²) in [6, 6.07) is 21.0. The monoisotopic (exact) mass is 600 g/mol. The highest BCUT2D eigenvalue weighted by Crippen LogP contribution is 2.41. The van der Waals surface area contributed by atoms with Crippen molar-refractivity contribution in [3.05, 3.63) is 143 Å². The summed E-state index contributed by atoms with van der Waals surface area (Å²) in [5.74, 6) is -1.29. The zero-order chi connectivity index (χ0) is 30.8. The molecule has 0 unspecified atom stereocenters. The second-order valence-corrected chi connectivity index (χ2v) is 9.49. The van der Waals surface area contributed by atoms with Crippen LogP contribution in [-0.4, -0.2) is 30.4 Å². The Balaban J connectivity index is 1.84. The number of para-hydroxylation sites is 2. The molecular weight excluding hydrogens is 584 g/mol. The molecule has 0 atom stereocenters. The molecular formula is C28H17ClN6O8. The van der Waals surface area contributed by atoms with E-state index in [9.17, 15) is 40.2 Å². The van der Waals surface area contributed by atoms with Gasteiger partial charge >= 0.3 is 0 Å². The van der Waals surface area contributed by atoms with Gasteiger partial charge in [-0.3, -0.25) is 35.1 Å². The zero-order valence-electron chi connectivity index (χ0n) is 21.7. The van der Waals surface area contributed by atoms with Gasteiger partial charge in [0.15, 0.2) is 23.3 Å². The summed E-state index contributed by atoms with van der Waals surface area (Å²) in [5, 5.41) is 54.8. The van der Waals surface area contributed by atoms with Crippen molar-refractivity contribution in [3.63, 3.8) is 0 Å². The van der Waals surface area contributed by atoms with E-state index in [1.165, 1.54) is 59.3 Å². The van der Waals surface area contributed by atoms with Crippen LogP contribution in [0.25, 0.3) is 22.5 Å². The number of benzene rings is 4.